The normalized spacial score (nSPS) is 12.6. The van der Waals surface area contributed by atoms with Gasteiger partial charge in [0.1, 0.15) is 13.2 Å². The van der Waals surface area contributed by atoms with Crippen LogP contribution in [0.1, 0.15) is 310 Å². The lowest BCUT2D eigenvalue weighted by Gasteiger charge is -2.18. The number of hydrogen-bond acceptors (Lipinski definition) is 6. The molecule has 1 unspecified atom stereocenters. The van der Waals surface area contributed by atoms with Crippen LogP contribution in [-0.4, -0.2) is 37.2 Å². The smallest absolute Gasteiger partial charge is 0.306 e. The monoisotopic (exact) mass is 1030 g/mol. The zero-order valence-corrected chi connectivity index (χ0v) is 48.8. The van der Waals surface area contributed by atoms with E-state index in [1.807, 2.05) is 0 Å². The molecular formula is C68H118O6. The molecule has 0 aromatic heterocycles. The van der Waals surface area contributed by atoms with Crippen LogP contribution in [0.5, 0.6) is 0 Å². The van der Waals surface area contributed by atoms with Crippen molar-refractivity contribution in [3.63, 3.8) is 0 Å². The molecule has 0 N–H and O–H groups in total. The summed E-state index contributed by atoms with van der Waals surface area (Å²) in [7, 11) is 0. The molecule has 0 aliphatic heterocycles. The SMILES string of the molecule is CC/C=C\C/C=C\C/C=C\C/C=C\CCCCCCCCCCC(=O)OCC(COC(=O)CCCCCCC/C=C\C/C=C\CCCC)OC(=O)CCCCCCCCCCC/C=C\CCCCCCCCCC. The molecule has 0 spiro atoms. The Bertz CT molecular complexity index is 1420. The molecule has 0 saturated carbocycles. The number of unbranched alkanes of at least 4 members (excludes halogenated alkanes) is 32. The largest absolute Gasteiger partial charge is 0.462 e. The summed E-state index contributed by atoms with van der Waals surface area (Å²) in [6.07, 6.45) is 81.5. The van der Waals surface area contributed by atoms with Gasteiger partial charge < -0.3 is 14.2 Å². The fraction of sp³-hybridized carbons (Fsp3) is 0.750. The van der Waals surface area contributed by atoms with E-state index in [1.165, 1.54) is 161 Å². The van der Waals surface area contributed by atoms with Crippen molar-refractivity contribution < 1.29 is 28.6 Å². The van der Waals surface area contributed by atoms with Crippen LogP contribution in [0.3, 0.4) is 0 Å². The molecule has 0 amide bonds. The van der Waals surface area contributed by atoms with Gasteiger partial charge in [0.2, 0.25) is 0 Å². The third-order valence-corrected chi connectivity index (χ3v) is 13.6. The van der Waals surface area contributed by atoms with Gasteiger partial charge in [-0.1, -0.05) is 266 Å². The van der Waals surface area contributed by atoms with Crippen molar-refractivity contribution in [2.24, 2.45) is 0 Å². The Morgan fingerprint density at radius 3 is 0.878 bits per heavy atom. The molecule has 0 aromatic carbocycles. The number of carbonyl (C=O) groups excluding carboxylic acids is 3. The minimum atomic E-state index is -0.788. The molecule has 0 aliphatic rings. The first-order chi connectivity index (χ1) is 36.5. The molecule has 0 fully saturated rings. The second-order valence-electron chi connectivity index (χ2n) is 20.9. The van der Waals surface area contributed by atoms with E-state index in [-0.39, 0.29) is 31.1 Å². The van der Waals surface area contributed by atoms with E-state index in [4.69, 9.17) is 14.2 Å². The third kappa shape index (κ3) is 59.5. The quantitative estimate of drug-likeness (QED) is 0.0261. The highest BCUT2D eigenvalue weighted by Gasteiger charge is 2.19. The Labute approximate surface area is 458 Å². The van der Waals surface area contributed by atoms with Crippen LogP contribution in [0, 0.1) is 0 Å². The lowest BCUT2D eigenvalue weighted by Crippen LogP contribution is -2.30. The van der Waals surface area contributed by atoms with Gasteiger partial charge in [-0.2, -0.15) is 0 Å². The van der Waals surface area contributed by atoms with E-state index in [0.29, 0.717) is 19.3 Å². The summed E-state index contributed by atoms with van der Waals surface area (Å²) >= 11 is 0. The van der Waals surface area contributed by atoms with E-state index in [2.05, 4.69) is 106 Å². The maximum Gasteiger partial charge on any atom is 0.306 e. The number of carbonyl (C=O) groups is 3. The van der Waals surface area contributed by atoms with Crippen molar-refractivity contribution in [1.82, 2.24) is 0 Å². The third-order valence-electron chi connectivity index (χ3n) is 13.6. The van der Waals surface area contributed by atoms with Gasteiger partial charge >= 0.3 is 17.9 Å². The zero-order chi connectivity index (χ0) is 53.6. The molecule has 6 heteroatoms. The Morgan fingerprint density at radius 1 is 0.284 bits per heavy atom. The van der Waals surface area contributed by atoms with E-state index in [1.54, 1.807) is 0 Å². The predicted molar refractivity (Wildman–Crippen MR) is 321 cm³/mol. The highest BCUT2D eigenvalue weighted by Crippen LogP contribution is 2.16. The molecule has 0 bridgehead atoms. The van der Waals surface area contributed by atoms with Gasteiger partial charge in [0.15, 0.2) is 6.10 Å². The van der Waals surface area contributed by atoms with E-state index in [0.717, 1.165) is 109 Å². The average molecular weight is 1030 g/mol. The Morgan fingerprint density at radius 2 is 0.541 bits per heavy atom. The average Bonchev–Trinajstić information content (AvgIpc) is 3.40. The van der Waals surface area contributed by atoms with Crippen molar-refractivity contribution in [2.75, 3.05) is 13.2 Å². The molecule has 0 aliphatic carbocycles. The van der Waals surface area contributed by atoms with Gasteiger partial charge in [-0.15, -0.1) is 0 Å². The van der Waals surface area contributed by atoms with Crippen LogP contribution >= 0.6 is 0 Å². The molecule has 1 atom stereocenters. The molecule has 0 aromatic rings. The number of hydrogen-bond donors (Lipinski definition) is 0. The minimum Gasteiger partial charge on any atom is -0.462 e. The summed E-state index contributed by atoms with van der Waals surface area (Å²) < 4.78 is 16.9. The summed E-state index contributed by atoms with van der Waals surface area (Å²) in [5.74, 6) is -0.898. The molecule has 0 radical (unpaired) electrons. The summed E-state index contributed by atoms with van der Waals surface area (Å²) in [5.41, 5.74) is 0. The first-order valence-electron chi connectivity index (χ1n) is 31.6. The van der Waals surface area contributed by atoms with Gasteiger partial charge in [-0.05, 0) is 109 Å². The number of ether oxygens (including phenoxy) is 3. The van der Waals surface area contributed by atoms with Crippen molar-refractivity contribution in [1.29, 1.82) is 0 Å². The van der Waals surface area contributed by atoms with Gasteiger partial charge in [0.05, 0.1) is 0 Å². The van der Waals surface area contributed by atoms with Crippen LogP contribution < -0.4 is 0 Å². The van der Waals surface area contributed by atoms with Crippen molar-refractivity contribution in [2.45, 2.75) is 316 Å². The second kappa shape index (κ2) is 62.1. The van der Waals surface area contributed by atoms with Crippen molar-refractivity contribution >= 4 is 17.9 Å². The van der Waals surface area contributed by atoms with E-state index in [9.17, 15) is 14.4 Å². The summed E-state index contributed by atoms with van der Waals surface area (Å²) in [4.78, 5) is 38.3. The molecule has 0 heterocycles. The summed E-state index contributed by atoms with van der Waals surface area (Å²) in [5, 5.41) is 0. The van der Waals surface area contributed by atoms with Crippen LogP contribution in [-0.2, 0) is 28.6 Å². The number of allylic oxidation sites excluding steroid dienone is 14. The van der Waals surface area contributed by atoms with Gasteiger partial charge in [0, 0.05) is 19.3 Å². The lowest BCUT2D eigenvalue weighted by molar-refractivity contribution is -0.167. The fourth-order valence-corrected chi connectivity index (χ4v) is 8.86. The maximum atomic E-state index is 12.9. The standard InChI is InChI=1S/C68H118O6/c1-4-7-10-13-16-19-22-25-28-30-32-34-36-38-40-43-46-49-52-55-58-61-67(70)73-64-65(63-72-66(69)60-57-54-51-48-45-42-27-24-21-18-15-12-9-6-3)74-68(71)62-59-56-53-50-47-44-41-39-37-35-33-31-29-26-23-20-17-14-11-8-5-2/h7,10,15-16,18-19,24-25,27-28,31-34,65H,4-6,8-9,11-14,17,20-23,26,29-30,35-64H2,1-3H3/b10-7-,18-15-,19-16-,27-24-,28-25-,33-31-,34-32-. The first kappa shape index (κ1) is 70.6. The fourth-order valence-electron chi connectivity index (χ4n) is 8.86. The topological polar surface area (TPSA) is 78.9 Å². The number of esters is 3. The Hall–Kier alpha value is -3.41. The summed E-state index contributed by atoms with van der Waals surface area (Å²) in [6, 6.07) is 0. The molecule has 0 rings (SSSR count). The van der Waals surface area contributed by atoms with Gasteiger partial charge in [-0.25, -0.2) is 0 Å². The van der Waals surface area contributed by atoms with E-state index < -0.39 is 6.10 Å². The second-order valence-corrected chi connectivity index (χ2v) is 20.9. The predicted octanol–water partition coefficient (Wildman–Crippen LogP) is 21.5. The Kier molecular flexibility index (Phi) is 59.3. The molecule has 0 saturated heterocycles. The van der Waals surface area contributed by atoms with Crippen LogP contribution in [0.2, 0.25) is 0 Å². The highest BCUT2D eigenvalue weighted by molar-refractivity contribution is 5.71. The Balaban J connectivity index is 4.37. The molecule has 426 valence electrons. The molecule has 74 heavy (non-hydrogen) atoms. The maximum absolute atomic E-state index is 12.9. The highest BCUT2D eigenvalue weighted by atomic mass is 16.6. The van der Waals surface area contributed by atoms with Crippen LogP contribution in [0.4, 0.5) is 0 Å². The van der Waals surface area contributed by atoms with Crippen LogP contribution in [0.25, 0.3) is 0 Å². The van der Waals surface area contributed by atoms with Gasteiger partial charge in [-0.3, -0.25) is 14.4 Å². The van der Waals surface area contributed by atoms with Gasteiger partial charge in [0.25, 0.3) is 0 Å². The molecular weight excluding hydrogens is 913 g/mol. The van der Waals surface area contributed by atoms with Crippen LogP contribution in [0.15, 0.2) is 85.1 Å². The summed E-state index contributed by atoms with van der Waals surface area (Å²) in [6.45, 7) is 6.50. The van der Waals surface area contributed by atoms with Crippen molar-refractivity contribution in [3.8, 4) is 0 Å². The number of rotatable bonds is 57. The minimum absolute atomic E-state index is 0.0854. The first-order valence-corrected chi connectivity index (χ1v) is 31.6. The molecule has 6 nitrogen and oxygen atoms in total. The lowest BCUT2D eigenvalue weighted by atomic mass is 10.1. The zero-order valence-electron chi connectivity index (χ0n) is 48.8. The van der Waals surface area contributed by atoms with E-state index >= 15 is 0 Å². The van der Waals surface area contributed by atoms with Crippen molar-refractivity contribution in [3.05, 3.63) is 85.1 Å².